The van der Waals surface area contributed by atoms with Crippen molar-refractivity contribution in [3.63, 3.8) is 0 Å². The Balaban J connectivity index is 1.96. The molecule has 0 aliphatic rings. The zero-order chi connectivity index (χ0) is 15.1. The minimum atomic E-state index is -0.617. The molecule has 2 aromatic carbocycles. The van der Waals surface area contributed by atoms with Crippen molar-refractivity contribution in [1.82, 2.24) is 0 Å². The Bertz CT molecular complexity index is 636. The summed E-state index contributed by atoms with van der Waals surface area (Å²) in [4.78, 5) is 0. The van der Waals surface area contributed by atoms with E-state index in [1.54, 1.807) is 24.3 Å². The molecule has 0 unspecified atom stereocenters. The molecule has 2 aromatic rings. The van der Waals surface area contributed by atoms with E-state index < -0.39 is 6.10 Å². The third-order valence-corrected chi connectivity index (χ3v) is 3.47. The van der Waals surface area contributed by atoms with Crippen LogP contribution in [0.25, 0.3) is 0 Å². The first-order valence-corrected chi connectivity index (χ1v) is 7.08. The van der Waals surface area contributed by atoms with Gasteiger partial charge in [0.2, 0.25) is 0 Å². The van der Waals surface area contributed by atoms with E-state index in [1.165, 1.54) is 5.56 Å². The second kappa shape index (κ2) is 7.42. The summed E-state index contributed by atoms with van der Waals surface area (Å²) in [5, 5.41) is 19.0. The molecule has 0 heterocycles. The van der Waals surface area contributed by atoms with Gasteiger partial charge in [-0.05, 0) is 43.0 Å². The molecule has 1 N–H and O–H groups in total. The fraction of sp³-hybridized carbons (Fsp3) is 0.211. The number of nitriles is 1. The van der Waals surface area contributed by atoms with Crippen molar-refractivity contribution in [2.75, 3.05) is 0 Å². The molecule has 0 radical (unpaired) electrons. The highest BCUT2D eigenvalue weighted by Gasteiger charge is 2.05. The molecule has 2 rings (SSSR count). The smallest absolute Gasteiger partial charge is 0.0991 e. The quantitative estimate of drug-likeness (QED) is 0.833. The average Bonchev–Trinajstić information content (AvgIpc) is 2.54. The molecule has 106 valence electrons. The second-order valence-electron chi connectivity index (χ2n) is 5.18. The van der Waals surface area contributed by atoms with Gasteiger partial charge in [0.1, 0.15) is 0 Å². The number of aliphatic hydroxyl groups is 1. The van der Waals surface area contributed by atoms with Crippen molar-refractivity contribution in [3.8, 4) is 6.07 Å². The Kier molecular flexibility index (Phi) is 5.31. The SMILES string of the molecule is C/C(=C\[C@H](O)c1ccc(C#N)cc1)CCc1ccccc1. The second-order valence-corrected chi connectivity index (χ2v) is 5.18. The number of hydrogen-bond donors (Lipinski definition) is 1. The predicted molar refractivity (Wildman–Crippen MR) is 84.6 cm³/mol. The monoisotopic (exact) mass is 277 g/mol. The molecular formula is C19H19NO. The third-order valence-electron chi connectivity index (χ3n) is 3.47. The number of aliphatic hydroxyl groups excluding tert-OH is 1. The van der Waals surface area contributed by atoms with Crippen LogP contribution in [-0.2, 0) is 6.42 Å². The van der Waals surface area contributed by atoms with Crippen molar-refractivity contribution >= 4 is 0 Å². The molecule has 2 heteroatoms. The van der Waals surface area contributed by atoms with Gasteiger partial charge in [0.15, 0.2) is 0 Å². The van der Waals surface area contributed by atoms with E-state index in [2.05, 4.69) is 18.2 Å². The summed E-state index contributed by atoms with van der Waals surface area (Å²) in [6, 6.07) is 19.5. The van der Waals surface area contributed by atoms with Crippen LogP contribution in [0.4, 0.5) is 0 Å². The van der Waals surface area contributed by atoms with Crippen LogP contribution in [0.5, 0.6) is 0 Å². The topological polar surface area (TPSA) is 44.0 Å². The molecule has 0 aliphatic heterocycles. The lowest BCUT2D eigenvalue weighted by atomic mass is 10.0. The normalized spacial score (nSPS) is 12.7. The molecule has 2 nitrogen and oxygen atoms in total. The van der Waals surface area contributed by atoms with E-state index in [9.17, 15) is 5.11 Å². The van der Waals surface area contributed by atoms with E-state index >= 15 is 0 Å². The first-order chi connectivity index (χ1) is 10.2. The van der Waals surface area contributed by atoms with Crippen LogP contribution >= 0.6 is 0 Å². The molecule has 0 saturated carbocycles. The highest BCUT2D eigenvalue weighted by molar-refractivity contribution is 5.33. The van der Waals surface area contributed by atoms with Crippen LogP contribution in [0.3, 0.4) is 0 Å². The van der Waals surface area contributed by atoms with Crippen molar-refractivity contribution < 1.29 is 5.11 Å². The van der Waals surface area contributed by atoms with Crippen molar-refractivity contribution in [2.24, 2.45) is 0 Å². The van der Waals surface area contributed by atoms with Crippen LogP contribution in [0, 0.1) is 11.3 Å². The van der Waals surface area contributed by atoms with E-state index in [1.807, 2.05) is 31.2 Å². The molecule has 21 heavy (non-hydrogen) atoms. The summed E-state index contributed by atoms with van der Waals surface area (Å²) < 4.78 is 0. The van der Waals surface area contributed by atoms with Crippen molar-refractivity contribution in [2.45, 2.75) is 25.9 Å². The Morgan fingerprint density at radius 1 is 1.14 bits per heavy atom. The van der Waals surface area contributed by atoms with Gasteiger partial charge >= 0.3 is 0 Å². The third kappa shape index (κ3) is 4.59. The van der Waals surface area contributed by atoms with Crippen LogP contribution in [-0.4, -0.2) is 5.11 Å². The summed E-state index contributed by atoms with van der Waals surface area (Å²) >= 11 is 0. The summed E-state index contributed by atoms with van der Waals surface area (Å²) in [5.41, 5.74) is 3.89. The maximum atomic E-state index is 10.2. The fourth-order valence-corrected chi connectivity index (χ4v) is 2.19. The first-order valence-electron chi connectivity index (χ1n) is 7.08. The Hall–Kier alpha value is -2.37. The lowest BCUT2D eigenvalue weighted by Crippen LogP contribution is -1.95. The van der Waals surface area contributed by atoms with Gasteiger partial charge in [0.05, 0.1) is 17.7 Å². The average molecular weight is 277 g/mol. The molecule has 0 aliphatic carbocycles. The van der Waals surface area contributed by atoms with Crippen molar-refractivity contribution in [1.29, 1.82) is 5.26 Å². The maximum Gasteiger partial charge on any atom is 0.0991 e. The molecule has 0 amide bonds. The molecule has 1 atom stereocenters. The number of aryl methyl sites for hydroxylation is 1. The van der Waals surface area contributed by atoms with Gasteiger partial charge in [-0.25, -0.2) is 0 Å². The zero-order valence-corrected chi connectivity index (χ0v) is 12.2. The summed E-state index contributed by atoms with van der Waals surface area (Å²) in [6.45, 7) is 2.04. The van der Waals surface area contributed by atoms with Gasteiger partial charge in [-0.1, -0.05) is 54.1 Å². The number of allylic oxidation sites excluding steroid dienone is 1. The van der Waals surface area contributed by atoms with Gasteiger partial charge in [0.25, 0.3) is 0 Å². The van der Waals surface area contributed by atoms with E-state index in [0.717, 1.165) is 24.0 Å². The van der Waals surface area contributed by atoms with Gasteiger partial charge < -0.3 is 5.11 Å². The van der Waals surface area contributed by atoms with Gasteiger partial charge in [-0.3, -0.25) is 0 Å². The maximum absolute atomic E-state index is 10.2. The largest absolute Gasteiger partial charge is 0.384 e. The number of benzene rings is 2. The van der Waals surface area contributed by atoms with Gasteiger partial charge in [-0.2, -0.15) is 5.26 Å². The molecule has 0 aromatic heterocycles. The minimum Gasteiger partial charge on any atom is -0.384 e. The van der Waals surface area contributed by atoms with E-state index in [4.69, 9.17) is 5.26 Å². The summed E-state index contributed by atoms with van der Waals surface area (Å²) in [5.74, 6) is 0. The molecule has 0 saturated heterocycles. The van der Waals surface area contributed by atoms with Gasteiger partial charge in [-0.15, -0.1) is 0 Å². The highest BCUT2D eigenvalue weighted by Crippen LogP contribution is 2.18. The summed E-state index contributed by atoms with van der Waals surface area (Å²) in [6.07, 6.45) is 3.17. The first kappa shape index (κ1) is 15.0. The molecule has 0 spiro atoms. The van der Waals surface area contributed by atoms with E-state index in [0.29, 0.717) is 5.56 Å². The Morgan fingerprint density at radius 2 is 1.81 bits per heavy atom. The van der Waals surface area contributed by atoms with Crippen molar-refractivity contribution in [3.05, 3.63) is 82.9 Å². The minimum absolute atomic E-state index is 0.607. The Labute approximate surface area is 126 Å². The van der Waals surface area contributed by atoms with Crippen LogP contribution in [0.2, 0.25) is 0 Å². The zero-order valence-electron chi connectivity index (χ0n) is 12.2. The highest BCUT2D eigenvalue weighted by atomic mass is 16.3. The summed E-state index contributed by atoms with van der Waals surface area (Å²) in [7, 11) is 0. The molecule has 0 bridgehead atoms. The van der Waals surface area contributed by atoms with Crippen LogP contribution < -0.4 is 0 Å². The standard InChI is InChI=1S/C19H19NO/c1-15(7-8-16-5-3-2-4-6-16)13-19(21)18-11-9-17(14-20)10-12-18/h2-6,9-13,19,21H,7-8H2,1H3/b15-13+/t19-/m0/s1. The predicted octanol–water partition coefficient (Wildman–Crippen LogP) is 4.17. The lowest BCUT2D eigenvalue weighted by molar-refractivity contribution is 0.227. The van der Waals surface area contributed by atoms with E-state index in [-0.39, 0.29) is 0 Å². The van der Waals surface area contributed by atoms with Crippen LogP contribution in [0.1, 0.15) is 36.1 Å². The number of nitrogens with zero attached hydrogens (tertiary/aromatic N) is 1. The number of rotatable bonds is 5. The molecule has 0 fully saturated rings. The van der Waals surface area contributed by atoms with Crippen LogP contribution in [0.15, 0.2) is 66.2 Å². The van der Waals surface area contributed by atoms with Gasteiger partial charge in [0, 0.05) is 0 Å². The number of hydrogen-bond acceptors (Lipinski definition) is 2. The molecular weight excluding hydrogens is 258 g/mol. The lowest BCUT2D eigenvalue weighted by Gasteiger charge is -2.09. The Morgan fingerprint density at radius 3 is 2.43 bits per heavy atom. The fourth-order valence-electron chi connectivity index (χ4n) is 2.19.